The standard InChI is InChI=1S/C32H29ClN2O4/c1-21-28(31(36)38-18-10-17-34)30(25-15-9-16-26(33)19-25)29(22(2)35-21)32(37)39-20-27(23-11-5-3-6-12-23)24-13-7-4-8-14-24/h3-9,11-16,19,27,30,35H,10,18,20H2,1-2H3. The van der Waals surface area contributed by atoms with Gasteiger partial charge in [-0.2, -0.15) is 5.26 Å². The van der Waals surface area contributed by atoms with Crippen molar-refractivity contribution in [1.82, 2.24) is 5.32 Å². The lowest BCUT2D eigenvalue weighted by Gasteiger charge is -2.31. The predicted molar refractivity (Wildman–Crippen MR) is 150 cm³/mol. The second kappa shape index (κ2) is 12.9. The van der Waals surface area contributed by atoms with Crippen molar-refractivity contribution in [1.29, 1.82) is 5.26 Å². The summed E-state index contributed by atoms with van der Waals surface area (Å²) >= 11 is 6.32. The molecule has 39 heavy (non-hydrogen) atoms. The van der Waals surface area contributed by atoms with Crippen molar-refractivity contribution >= 4 is 23.5 Å². The highest BCUT2D eigenvalue weighted by atomic mass is 35.5. The molecule has 3 aromatic rings. The van der Waals surface area contributed by atoms with E-state index in [0.29, 0.717) is 27.6 Å². The van der Waals surface area contributed by atoms with E-state index in [2.05, 4.69) is 5.32 Å². The highest BCUT2D eigenvalue weighted by Gasteiger charge is 2.38. The Kier molecular flexibility index (Phi) is 9.19. The molecule has 1 aliphatic heterocycles. The number of rotatable bonds is 9. The van der Waals surface area contributed by atoms with Crippen molar-refractivity contribution in [2.24, 2.45) is 0 Å². The third-order valence-electron chi connectivity index (χ3n) is 6.61. The van der Waals surface area contributed by atoms with E-state index < -0.39 is 17.9 Å². The number of hydrogen-bond donors (Lipinski definition) is 1. The molecule has 1 aliphatic rings. The normalized spacial score (nSPS) is 15.0. The molecule has 0 saturated carbocycles. The Hall–Kier alpha value is -4.34. The van der Waals surface area contributed by atoms with Crippen LogP contribution in [0.15, 0.2) is 107 Å². The predicted octanol–water partition coefficient (Wildman–Crippen LogP) is 6.41. The first-order valence-electron chi connectivity index (χ1n) is 12.7. The summed E-state index contributed by atoms with van der Waals surface area (Å²) in [5.41, 5.74) is 4.41. The topological polar surface area (TPSA) is 88.4 Å². The number of nitrogens with one attached hydrogen (secondary N) is 1. The van der Waals surface area contributed by atoms with Crippen LogP contribution < -0.4 is 5.32 Å². The molecule has 4 rings (SSSR count). The highest BCUT2D eigenvalue weighted by Crippen LogP contribution is 2.40. The molecular weight excluding hydrogens is 512 g/mol. The van der Waals surface area contributed by atoms with E-state index in [1.165, 1.54) is 0 Å². The van der Waals surface area contributed by atoms with Gasteiger partial charge in [-0.05, 0) is 42.7 Å². The van der Waals surface area contributed by atoms with Crippen molar-refractivity contribution in [2.75, 3.05) is 13.2 Å². The van der Waals surface area contributed by atoms with Crippen LogP contribution in [0.5, 0.6) is 0 Å². The average molecular weight is 541 g/mol. The van der Waals surface area contributed by atoms with Crippen molar-refractivity contribution in [2.45, 2.75) is 32.1 Å². The number of nitrogens with zero attached hydrogens (tertiary/aromatic N) is 1. The van der Waals surface area contributed by atoms with E-state index in [1.807, 2.05) is 72.8 Å². The summed E-state index contributed by atoms with van der Waals surface area (Å²) in [6.07, 6.45) is 0.0669. The Morgan fingerprint density at radius 1 is 0.872 bits per heavy atom. The Labute approximate surface area is 233 Å². The van der Waals surface area contributed by atoms with E-state index >= 15 is 0 Å². The minimum atomic E-state index is -0.765. The zero-order chi connectivity index (χ0) is 27.8. The van der Waals surface area contributed by atoms with Gasteiger partial charge in [0.25, 0.3) is 0 Å². The van der Waals surface area contributed by atoms with Crippen molar-refractivity contribution in [3.63, 3.8) is 0 Å². The van der Waals surface area contributed by atoms with E-state index in [1.54, 1.807) is 32.0 Å². The molecule has 0 bridgehead atoms. The van der Waals surface area contributed by atoms with Crippen LogP contribution in [0, 0.1) is 11.3 Å². The minimum absolute atomic E-state index is 0.0489. The van der Waals surface area contributed by atoms with Crippen LogP contribution >= 0.6 is 11.6 Å². The van der Waals surface area contributed by atoms with E-state index in [9.17, 15) is 9.59 Å². The third kappa shape index (κ3) is 6.57. The van der Waals surface area contributed by atoms with Crippen LogP contribution in [0.25, 0.3) is 0 Å². The molecule has 3 aromatic carbocycles. The summed E-state index contributed by atoms with van der Waals surface area (Å²) < 4.78 is 11.4. The molecule has 0 amide bonds. The lowest BCUT2D eigenvalue weighted by atomic mass is 9.80. The van der Waals surface area contributed by atoms with Gasteiger partial charge in [-0.1, -0.05) is 84.4 Å². The minimum Gasteiger partial charge on any atom is -0.461 e. The summed E-state index contributed by atoms with van der Waals surface area (Å²) in [6, 6.07) is 28.8. The maximum absolute atomic E-state index is 13.8. The number of esters is 2. The second-order valence-corrected chi connectivity index (χ2v) is 9.64. The summed E-state index contributed by atoms with van der Waals surface area (Å²) in [4.78, 5) is 27.0. The average Bonchev–Trinajstić information content (AvgIpc) is 2.94. The molecule has 0 aromatic heterocycles. The number of dihydropyridines is 1. The van der Waals surface area contributed by atoms with Crippen LogP contribution in [0.3, 0.4) is 0 Å². The van der Waals surface area contributed by atoms with Gasteiger partial charge in [0.05, 0.1) is 29.6 Å². The van der Waals surface area contributed by atoms with Gasteiger partial charge in [-0.15, -0.1) is 0 Å². The SMILES string of the molecule is CC1=C(C(=O)OCCC#N)C(c2cccc(Cl)c2)C(C(=O)OCC(c2ccccc2)c2ccccc2)=C(C)N1. The van der Waals surface area contributed by atoms with Gasteiger partial charge in [-0.3, -0.25) is 0 Å². The first-order valence-corrected chi connectivity index (χ1v) is 13.0. The first kappa shape index (κ1) is 27.7. The molecule has 0 saturated heterocycles. The van der Waals surface area contributed by atoms with Crippen molar-refractivity contribution < 1.29 is 19.1 Å². The molecule has 0 radical (unpaired) electrons. The van der Waals surface area contributed by atoms with Gasteiger partial charge in [0, 0.05) is 22.3 Å². The lowest BCUT2D eigenvalue weighted by molar-refractivity contribution is -0.140. The molecule has 0 fully saturated rings. The molecule has 1 N–H and O–H groups in total. The molecule has 1 unspecified atom stereocenters. The Balaban J connectivity index is 1.68. The smallest absolute Gasteiger partial charge is 0.336 e. The third-order valence-corrected chi connectivity index (χ3v) is 6.85. The number of hydrogen-bond acceptors (Lipinski definition) is 6. The van der Waals surface area contributed by atoms with Crippen molar-refractivity contribution in [3.8, 4) is 6.07 Å². The number of allylic oxidation sites excluding steroid dienone is 2. The second-order valence-electron chi connectivity index (χ2n) is 9.21. The molecule has 0 aliphatic carbocycles. The van der Waals surface area contributed by atoms with Crippen LogP contribution in [0.2, 0.25) is 5.02 Å². The lowest BCUT2D eigenvalue weighted by Crippen LogP contribution is -2.33. The molecule has 198 valence electrons. The van der Waals surface area contributed by atoms with Gasteiger partial charge in [-0.25, -0.2) is 9.59 Å². The van der Waals surface area contributed by atoms with Crippen molar-refractivity contribution in [3.05, 3.63) is 129 Å². The van der Waals surface area contributed by atoms with Crippen LogP contribution in [-0.2, 0) is 19.1 Å². The molecule has 6 nitrogen and oxygen atoms in total. The van der Waals surface area contributed by atoms with Crippen LogP contribution in [0.4, 0.5) is 0 Å². The number of carbonyl (C=O) groups excluding carboxylic acids is 2. The summed E-state index contributed by atoms with van der Waals surface area (Å²) in [5.74, 6) is -2.09. The molecule has 0 spiro atoms. The van der Waals surface area contributed by atoms with Gasteiger partial charge < -0.3 is 14.8 Å². The molecule has 1 atom stereocenters. The Morgan fingerprint density at radius 3 is 1.97 bits per heavy atom. The summed E-state index contributed by atoms with van der Waals surface area (Å²) in [7, 11) is 0. The first-order chi connectivity index (χ1) is 18.9. The van der Waals surface area contributed by atoms with Gasteiger partial charge >= 0.3 is 11.9 Å². The van der Waals surface area contributed by atoms with E-state index in [0.717, 1.165) is 11.1 Å². The van der Waals surface area contributed by atoms with Gasteiger partial charge in [0.2, 0.25) is 0 Å². The van der Waals surface area contributed by atoms with Crippen LogP contribution in [-0.4, -0.2) is 25.2 Å². The zero-order valence-corrected chi connectivity index (χ0v) is 22.6. The van der Waals surface area contributed by atoms with Gasteiger partial charge in [0.1, 0.15) is 13.2 Å². The van der Waals surface area contributed by atoms with Crippen LogP contribution in [0.1, 0.15) is 48.8 Å². The van der Waals surface area contributed by atoms with Gasteiger partial charge in [0.15, 0.2) is 0 Å². The largest absolute Gasteiger partial charge is 0.461 e. The van der Waals surface area contributed by atoms with E-state index in [-0.39, 0.29) is 31.1 Å². The fraction of sp³-hybridized carbons (Fsp3) is 0.219. The molecule has 1 heterocycles. The monoisotopic (exact) mass is 540 g/mol. The number of carbonyl (C=O) groups is 2. The number of ether oxygens (including phenoxy) is 2. The molecular formula is C32H29ClN2O4. The fourth-order valence-electron chi connectivity index (χ4n) is 4.81. The number of halogens is 1. The maximum Gasteiger partial charge on any atom is 0.336 e. The molecule has 7 heteroatoms. The fourth-order valence-corrected chi connectivity index (χ4v) is 5.01. The van der Waals surface area contributed by atoms with E-state index in [4.69, 9.17) is 26.3 Å². The zero-order valence-electron chi connectivity index (χ0n) is 21.8. The summed E-state index contributed by atoms with van der Waals surface area (Å²) in [6.45, 7) is 3.59. The number of nitriles is 1. The highest BCUT2D eigenvalue weighted by molar-refractivity contribution is 6.30. The maximum atomic E-state index is 13.8. The Bertz CT molecular complexity index is 1400. The quantitative estimate of drug-likeness (QED) is 0.249. The number of benzene rings is 3. The Morgan fingerprint density at radius 2 is 1.44 bits per heavy atom. The summed E-state index contributed by atoms with van der Waals surface area (Å²) in [5, 5.41) is 12.5.